The maximum Gasteiger partial charge on any atom is 0.418 e. The van der Waals surface area contributed by atoms with Crippen molar-refractivity contribution in [3.05, 3.63) is 59.9 Å². The lowest BCUT2D eigenvalue weighted by Crippen LogP contribution is -2.14. The van der Waals surface area contributed by atoms with Gasteiger partial charge in [-0.05, 0) is 30.3 Å². The van der Waals surface area contributed by atoms with Gasteiger partial charge in [0.2, 0.25) is 5.95 Å². The zero-order chi connectivity index (χ0) is 22.6. The molecule has 2 aromatic heterocycles. The molecule has 31 heavy (non-hydrogen) atoms. The first-order valence-electron chi connectivity index (χ1n) is 8.77. The van der Waals surface area contributed by atoms with Gasteiger partial charge >= 0.3 is 12.4 Å². The molecule has 3 N–H and O–H groups in total. The quantitative estimate of drug-likeness (QED) is 0.478. The number of halogens is 6. The number of aliphatic hydroxyl groups excluding tert-OH is 1. The number of nitrogens with zero attached hydrogens (tertiary/aromatic N) is 3. The molecule has 0 aliphatic carbocycles. The highest BCUT2D eigenvalue weighted by Gasteiger charge is 2.38. The van der Waals surface area contributed by atoms with Gasteiger partial charge in [0.1, 0.15) is 5.82 Å². The van der Waals surface area contributed by atoms with Gasteiger partial charge in [0.25, 0.3) is 0 Å². The number of aliphatic hydroxyl groups is 1. The summed E-state index contributed by atoms with van der Waals surface area (Å²) in [5, 5.41) is 14.1. The molecular weight excluding hydrogens is 428 g/mol. The molecule has 0 saturated heterocycles. The van der Waals surface area contributed by atoms with Crippen molar-refractivity contribution in [1.29, 1.82) is 0 Å². The smallest absolute Gasteiger partial charge is 0.395 e. The molecule has 2 heterocycles. The van der Waals surface area contributed by atoms with Crippen LogP contribution in [0.1, 0.15) is 11.1 Å². The lowest BCUT2D eigenvalue weighted by Gasteiger charge is -2.17. The average molecular weight is 443 g/mol. The Morgan fingerprint density at radius 2 is 1.58 bits per heavy atom. The minimum Gasteiger partial charge on any atom is -0.395 e. The summed E-state index contributed by atoms with van der Waals surface area (Å²) in [5.41, 5.74) is -2.61. The monoisotopic (exact) mass is 443 g/mol. The number of rotatable bonds is 6. The van der Waals surface area contributed by atoms with Crippen LogP contribution >= 0.6 is 0 Å². The van der Waals surface area contributed by atoms with E-state index in [2.05, 4.69) is 25.6 Å². The SMILES string of the molecule is OCCNc1nc(Nc2ccc(C(F)(F)F)cc2C(F)(F)F)cc(-c2ccncc2)n1. The summed E-state index contributed by atoms with van der Waals surface area (Å²) < 4.78 is 78.9. The Morgan fingerprint density at radius 3 is 2.19 bits per heavy atom. The molecule has 0 aliphatic rings. The van der Waals surface area contributed by atoms with Crippen LogP contribution in [0.5, 0.6) is 0 Å². The molecule has 0 amide bonds. The molecule has 3 rings (SSSR count). The minimum atomic E-state index is -5.04. The van der Waals surface area contributed by atoms with Crippen LogP contribution in [0.15, 0.2) is 48.8 Å². The summed E-state index contributed by atoms with van der Waals surface area (Å²) in [6.45, 7) is -0.171. The first-order valence-corrected chi connectivity index (χ1v) is 8.77. The number of pyridine rings is 1. The van der Waals surface area contributed by atoms with Gasteiger partial charge < -0.3 is 15.7 Å². The fraction of sp³-hybridized carbons (Fsp3) is 0.211. The van der Waals surface area contributed by atoms with Crippen LogP contribution in [0.3, 0.4) is 0 Å². The van der Waals surface area contributed by atoms with Gasteiger partial charge in [0.15, 0.2) is 0 Å². The Hall–Kier alpha value is -3.41. The van der Waals surface area contributed by atoms with Crippen LogP contribution in [0.2, 0.25) is 0 Å². The zero-order valence-corrected chi connectivity index (χ0v) is 15.6. The second-order valence-corrected chi connectivity index (χ2v) is 6.23. The Morgan fingerprint density at radius 1 is 0.871 bits per heavy atom. The third-order valence-electron chi connectivity index (χ3n) is 4.01. The van der Waals surface area contributed by atoms with E-state index in [9.17, 15) is 26.3 Å². The molecule has 0 saturated carbocycles. The number of hydrogen-bond acceptors (Lipinski definition) is 6. The molecule has 1 aromatic carbocycles. The van der Waals surface area contributed by atoms with E-state index >= 15 is 0 Å². The van der Waals surface area contributed by atoms with Gasteiger partial charge in [0.05, 0.1) is 29.1 Å². The fourth-order valence-electron chi connectivity index (χ4n) is 2.63. The normalized spacial score (nSPS) is 12.0. The highest BCUT2D eigenvalue weighted by atomic mass is 19.4. The standard InChI is InChI=1S/C19H15F6N5O/c20-18(21,22)12-1-2-14(13(9-12)19(23,24)25)28-16-10-15(11-3-5-26-6-4-11)29-17(30-16)27-7-8-31/h1-6,9-10,31H,7-8H2,(H2,27,28,29,30). The number of nitrogens with one attached hydrogen (secondary N) is 2. The summed E-state index contributed by atoms with van der Waals surface area (Å²) >= 11 is 0. The Bertz CT molecular complexity index is 1040. The molecule has 3 aromatic rings. The summed E-state index contributed by atoms with van der Waals surface area (Å²) in [6.07, 6.45) is -6.99. The number of benzene rings is 1. The first kappa shape index (κ1) is 22.3. The van der Waals surface area contributed by atoms with E-state index in [1.54, 1.807) is 12.1 Å². The van der Waals surface area contributed by atoms with Crippen molar-refractivity contribution in [3.8, 4) is 11.3 Å². The van der Waals surface area contributed by atoms with Crippen molar-refractivity contribution >= 4 is 17.5 Å². The van der Waals surface area contributed by atoms with Crippen molar-refractivity contribution in [1.82, 2.24) is 15.0 Å². The van der Waals surface area contributed by atoms with E-state index in [1.807, 2.05) is 0 Å². The third-order valence-corrected chi connectivity index (χ3v) is 4.01. The highest BCUT2D eigenvalue weighted by Crippen LogP contribution is 2.40. The summed E-state index contributed by atoms with van der Waals surface area (Å²) in [4.78, 5) is 12.1. The summed E-state index contributed by atoms with van der Waals surface area (Å²) in [7, 11) is 0. The number of aromatic nitrogens is 3. The van der Waals surface area contributed by atoms with Crippen LogP contribution < -0.4 is 10.6 Å². The van der Waals surface area contributed by atoms with Gasteiger partial charge in [0, 0.05) is 30.6 Å². The van der Waals surface area contributed by atoms with Crippen LogP contribution in [0, 0.1) is 0 Å². The van der Waals surface area contributed by atoms with Crippen molar-refractivity contribution < 1.29 is 31.4 Å². The number of hydrogen-bond donors (Lipinski definition) is 3. The second kappa shape index (κ2) is 8.76. The van der Waals surface area contributed by atoms with E-state index in [0.29, 0.717) is 23.4 Å². The second-order valence-electron chi connectivity index (χ2n) is 6.23. The average Bonchev–Trinajstić information content (AvgIpc) is 2.71. The van der Waals surface area contributed by atoms with Gasteiger partial charge in [-0.15, -0.1) is 0 Å². The zero-order valence-electron chi connectivity index (χ0n) is 15.6. The first-order chi connectivity index (χ1) is 14.6. The van der Waals surface area contributed by atoms with E-state index < -0.39 is 29.2 Å². The van der Waals surface area contributed by atoms with Crippen molar-refractivity contribution in [3.63, 3.8) is 0 Å². The van der Waals surface area contributed by atoms with Crippen molar-refractivity contribution in [2.24, 2.45) is 0 Å². The number of anilines is 3. The fourth-order valence-corrected chi connectivity index (χ4v) is 2.63. The molecule has 12 heteroatoms. The lowest BCUT2D eigenvalue weighted by atomic mass is 10.1. The van der Waals surface area contributed by atoms with Crippen LogP contribution in [0.4, 0.5) is 43.8 Å². The van der Waals surface area contributed by atoms with Gasteiger partial charge in [-0.3, -0.25) is 4.98 Å². The molecule has 0 atom stereocenters. The molecule has 6 nitrogen and oxygen atoms in total. The topological polar surface area (TPSA) is 83.0 Å². The molecule has 0 fully saturated rings. The predicted molar refractivity (Wildman–Crippen MR) is 101 cm³/mol. The third kappa shape index (κ3) is 5.60. The lowest BCUT2D eigenvalue weighted by molar-refractivity contribution is -0.142. The molecule has 0 spiro atoms. The molecular formula is C19H15F6N5O. The van der Waals surface area contributed by atoms with E-state index in [0.717, 1.165) is 0 Å². The Balaban J connectivity index is 2.05. The van der Waals surface area contributed by atoms with Crippen LogP contribution in [-0.4, -0.2) is 33.2 Å². The molecule has 0 aliphatic heterocycles. The Kier molecular flexibility index (Phi) is 6.29. The maximum absolute atomic E-state index is 13.4. The molecule has 164 valence electrons. The largest absolute Gasteiger partial charge is 0.418 e. The summed E-state index contributed by atoms with van der Waals surface area (Å²) in [6, 6.07) is 5.85. The van der Waals surface area contributed by atoms with E-state index in [4.69, 9.17) is 5.11 Å². The molecule has 0 unspecified atom stereocenters. The van der Waals surface area contributed by atoms with Gasteiger partial charge in [-0.2, -0.15) is 31.3 Å². The van der Waals surface area contributed by atoms with Crippen LogP contribution in [0.25, 0.3) is 11.3 Å². The summed E-state index contributed by atoms with van der Waals surface area (Å²) in [5.74, 6) is -0.0844. The van der Waals surface area contributed by atoms with Crippen molar-refractivity contribution in [2.75, 3.05) is 23.8 Å². The van der Waals surface area contributed by atoms with Crippen molar-refractivity contribution in [2.45, 2.75) is 12.4 Å². The highest BCUT2D eigenvalue weighted by molar-refractivity contribution is 5.69. The molecule has 0 bridgehead atoms. The van der Waals surface area contributed by atoms with Gasteiger partial charge in [-0.25, -0.2) is 4.98 Å². The van der Waals surface area contributed by atoms with E-state index in [1.165, 1.54) is 18.5 Å². The predicted octanol–water partition coefficient (Wildman–Crippen LogP) is 4.72. The van der Waals surface area contributed by atoms with E-state index in [-0.39, 0.29) is 31.0 Å². The van der Waals surface area contributed by atoms with Crippen LogP contribution in [-0.2, 0) is 12.4 Å². The Labute approximate surface area is 172 Å². The van der Waals surface area contributed by atoms with Gasteiger partial charge in [-0.1, -0.05) is 0 Å². The molecule has 0 radical (unpaired) electrons. The minimum absolute atomic E-state index is 0.00586. The maximum atomic E-state index is 13.4. The number of alkyl halides is 6.